The van der Waals surface area contributed by atoms with Crippen LogP contribution in [0.2, 0.25) is 0 Å². The molecule has 0 spiro atoms. The standard InChI is InChI=1S/C13H19NOS/c1-2-3-9-13(15)14-10-11-16-12-7-5-4-6-8-12/h4-8H,2-3,9-11H2,1H3,(H,14,15). The van der Waals surface area contributed by atoms with Gasteiger partial charge in [0.05, 0.1) is 0 Å². The maximum Gasteiger partial charge on any atom is 0.220 e. The van der Waals surface area contributed by atoms with Gasteiger partial charge in [-0.3, -0.25) is 4.79 Å². The maximum atomic E-state index is 11.3. The molecule has 0 fully saturated rings. The van der Waals surface area contributed by atoms with Crippen molar-refractivity contribution in [3.63, 3.8) is 0 Å². The highest BCUT2D eigenvalue weighted by molar-refractivity contribution is 7.99. The lowest BCUT2D eigenvalue weighted by atomic mass is 10.2. The molecule has 1 rings (SSSR count). The van der Waals surface area contributed by atoms with Gasteiger partial charge in [-0.05, 0) is 18.6 Å². The Hall–Kier alpha value is -0.960. The number of carbonyl (C=O) groups excluding carboxylic acids is 1. The Morgan fingerprint density at radius 2 is 2.06 bits per heavy atom. The van der Waals surface area contributed by atoms with Gasteiger partial charge in [0.2, 0.25) is 5.91 Å². The smallest absolute Gasteiger partial charge is 0.220 e. The van der Waals surface area contributed by atoms with Gasteiger partial charge in [-0.15, -0.1) is 11.8 Å². The molecular formula is C13H19NOS. The highest BCUT2D eigenvalue weighted by Gasteiger charge is 1.99. The minimum Gasteiger partial charge on any atom is -0.355 e. The fraction of sp³-hybridized carbons (Fsp3) is 0.462. The molecule has 0 radical (unpaired) electrons. The van der Waals surface area contributed by atoms with Gasteiger partial charge < -0.3 is 5.32 Å². The van der Waals surface area contributed by atoms with Crippen molar-refractivity contribution in [3.8, 4) is 0 Å². The summed E-state index contributed by atoms with van der Waals surface area (Å²) in [6.45, 7) is 2.85. The average molecular weight is 237 g/mol. The molecule has 0 bridgehead atoms. The molecule has 0 heterocycles. The van der Waals surface area contributed by atoms with E-state index < -0.39 is 0 Å². The summed E-state index contributed by atoms with van der Waals surface area (Å²) in [6.07, 6.45) is 2.72. The summed E-state index contributed by atoms with van der Waals surface area (Å²) < 4.78 is 0. The Kier molecular flexibility index (Phi) is 6.74. The molecule has 0 aliphatic carbocycles. The van der Waals surface area contributed by atoms with Crippen molar-refractivity contribution in [3.05, 3.63) is 30.3 Å². The summed E-state index contributed by atoms with van der Waals surface area (Å²) in [5.74, 6) is 1.11. The molecule has 0 aromatic heterocycles. The highest BCUT2D eigenvalue weighted by Crippen LogP contribution is 2.15. The second-order valence-corrected chi connectivity index (χ2v) is 4.78. The Bertz CT molecular complexity index is 300. The van der Waals surface area contributed by atoms with Crippen LogP contribution in [0.5, 0.6) is 0 Å². The first-order chi connectivity index (χ1) is 7.83. The van der Waals surface area contributed by atoms with Crippen LogP contribution in [0, 0.1) is 0 Å². The van der Waals surface area contributed by atoms with E-state index in [1.807, 2.05) is 18.2 Å². The summed E-state index contributed by atoms with van der Waals surface area (Å²) in [6, 6.07) is 10.2. The lowest BCUT2D eigenvalue weighted by molar-refractivity contribution is -0.121. The minimum absolute atomic E-state index is 0.176. The van der Waals surface area contributed by atoms with Gasteiger partial charge in [-0.25, -0.2) is 0 Å². The van der Waals surface area contributed by atoms with E-state index in [4.69, 9.17) is 0 Å². The number of amides is 1. The molecule has 1 aromatic rings. The highest BCUT2D eigenvalue weighted by atomic mass is 32.2. The predicted octanol–water partition coefficient (Wildman–Crippen LogP) is 3.09. The van der Waals surface area contributed by atoms with Crippen molar-refractivity contribution >= 4 is 17.7 Å². The first-order valence-corrected chi connectivity index (χ1v) is 6.76. The Labute approximate surface area is 102 Å². The average Bonchev–Trinajstić information content (AvgIpc) is 2.33. The third-order valence-corrected chi connectivity index (χ3v) is 3.21. The number of hydrogen-bond acceptors (Lipinski definition) is 2. The largest absolute Gasteiger partial charge is 0.355 e. The molecule has 0 saturated carbocycles. The second-order valence-electron chi connectivity index (χ2n) is 3.62. The van der Waals surface area contributed by atoms with E-state index in [1.165, 1.54) is 4.90 Å². The summed E-state index contributed by atoms with van der Waals surface area (Å²) >= 11 is 1.77. The SMILES string of the molecule is CCCCC(=O)NCCSc1ccccc1. The molecule has 16 heavy (non-hydrogen) atoms. The van der Waals surface area contributed by atoms with Crippen LogP contribution in [-0.2, 0) is 4.79 Å². The molecule has 0 aliphatic rings. The van der Waals surface area contributed by atoms with Gasteiger partial charge in [0.15, 0.2) is 0 Å². The Morgan fingerprint density at radius 3 is 2.75 bits per heavy atom. The van der Waals surface area contributed by atoms with E-state index in [1.54, 1.807) is 11.8 Å². The van der Waals surface area contributed by atoms with Gasteiger partial charge in [-0.2, -0.15) is 0 Å². The van der Waals surface area contributed by atoms with E-state index in [0.717, 1.165) is 25.1 Å². The van der Waals surface area contributed by atoms with E-state index in [9.17, 15) is 4.79 Å². The first kappa shape index (κ1) is 13.1. The Balaban J connectivity index is 2.06. The van der Waals surface area contributed by atoms with E-state index in [0.29, 0.717) is 6.42 Å². The van der Waals surface area contributed by atoms with E-state index in [-0.39, 0.29) is 5.91 Å². The molecule has 0 aliphatic heterocycles. The predicted molar refractivity (Wildman–Crippen MR) is 69.7 cm³/mol. The summed E-state index contributed by atoms with van der Waals surface area (Å²) in [5.41, 5.74) is 0. The number of rotatable bonds is 7. The van der Waals surface area contributed by atoms with E-state index in [2.05, 4.69) is 24.4 Å². The molecule has 0 unspecified atom stereocenters. The molecule has 3 heteroatoms. The molecule has 1 N–H and O–H groups in total. The summed E-state index contributed by atoms with van der Waals surface area (Å²) in [7, 11) is 0. The maximum absolute atomic E-state index is 11.3. The first-order valence-electron chi connectivity index (χ1n) is 5.77. The zero-order chi connectivity index (χ0) is 11.6. The molecule has 0 atom stereocenters. The fourth-order valence-corrected chi connectivity index (χ4v) is 2.09. The van der Waals surface area contributed by atoms with Gasteiger partial charge in [0.1, 0.15) is 0 Å². The minimum atomic E-state index is 0.176. The van der Waals surface area contributed by atoms with Crippen molar-refractivity contribution < 1.29 is 4.79 Å². The third kappa shape index (κ3) is 5.81. The molecular weight excluding hydrogens is 218 g/mol. The van der Waals surface area contributed by atoms with Crippen LogP contribution >= 0.6 is 11.8 Å². The van der Waals surface area contributed by atoms with Crippen LogP contribution in [0.3, 0.4) is 0 Å². The fourth-order valence-electron chi connectivity index (χ4n) is 1.30. The number of benzene rings is 1. The van der Waals surface area contributed by atoms with Gasteiger partial charge in [0, 0.05) is 23.6 Å². The van der Waals surface area contributed by atoms with Crippen molar-refractivity contribution in [1.82, 2.24) is 5.32 Å². The zero-order valence-electron chi connectivity index (χ0n) is 9.74. The number of unbranched alkanes of at least 4 members (excludes halogenated alkanes) is 1. The summed E-state index contributed by atoms with van der Waals surface area (Å²) in [4.78, 5) is 12.5. The number of hydrogen-bond donors (Lipinski definition) is 1. The second kappa shape index (κ2) is 8.22. The topological polar surface area (TPSA) is 29.1 Å². The normalized spacial score (nSPS) is 10.1. The van der Waals surface area contributed by atoms with Crippen LogP contribution in [-0.4, -0.2) is 18.2 Å². The zero-order valence-corrected chi connectivity index (χ0v) is 10.6. The molecule has 1 amide bonds. The van der Waals surface area contributed by atoms with Crippen molar-refractivity contribution in [1.29, 1.82) is 0 Å². The van der Waals surface area contributed by atoms with Crippen LogP contribution in [0.15, 0.2) is 35.2 Å². The van der Waals surface area contributed by atoms with Crippen molar-refractivity contribution in [2.45, 2.75) is 31.1 Å². The lowest BCUT2D eigenvalue weighted by Crippen LogP contribution is -2.25. The van der Waals surface area contributed by atoms with E-state index >= 15 is 0 Å². The van der Waals surface area contributed by atoms with Crippen LogP contribution in [0.25, 0.3) is 0 Å². The van der Waals surface area contributed by atoms with Gasteiger partial charge >= 0.3 is 0 Å². The van der Waals surface area contributed by atoms with Crippen LogP contribution in [0.1, 0.15) is 26.2 Å². The summed E-state index contributed by atoms with van der Waals surface area (Å²) in [5, 5.41) is 2.93. The Morgan fingerprint density at radius 1 is 1.31 bits per heavy atom. The van der Waals surface area contributed by atoms with Crippen molar-refractivity contribution in [2.24, 2.45) is 0 Å². The molecule has 0 saturated heterocycles. The lowest BCUT2D eigenvalue weighted by Gasteiger charge is -2.04. The quantitative estimate of drug-likeness (QED) is 0.583. The van der Waals surface area contributed by atoms with Gasteiger partial charge in [0.25, 0.3) is 0 Å². The number of nitrogens with one attached hydrogen (secondary N) is 1. The van der Waals surface area contributed by atoms with Crippen LogP contribution in [0.4, 0.5) is 0 Å². The van der Waals surface area contributed by atoms with Crippen molar-refractivity contribution in [2.75, 3.05) is 12.3 Å². The monoisotopic (exact) mass is 237 g/mol. The number of carbonyl (C=O) groups is 1. The van der Waals surface area contributed by atoms with Crippen LogP contribution < -0.4 is 5.32 Å². The molecule has 1 aromatic carbocycles. The third-order valence-electron chi connectivity index (χ3n) is 2.19. The van der Waals surface area contributed by atoms with Gasteiger partial charge in [-0.1, -0.05) is 31.5 Å². The molecule has 2 nitrogen and oxygen atoms in total. The number of thioether (sulfide) groups is 1. The molecule has 88 valence electrons.